The van der Waals surface area contributed by atoms with Gasteiger partial charge in [-0.1, -0.05) is 50.1 Å². The number of hydrogen-bond acceptors (Lipinski definition) is 4. The summed E-state index contributed by atoms with van der Waals surface area (Å²) in [5.74, 6) is -0.0555. The quantitative estimate of drug-likeness (QED) is 0.374. The van der Waals surface area contributed by atoms with E-state index in [1.807, 2.05) is 18.2 Å². The van der Waals surface area contributed by atoms with Crippen LogP contribution in [-0.2, 0) is 14.3 Å². The molecule has 0 spiro atoms. The first-order valence-corrected chi connectivity index (χ1v) is 7.68. The number of hydrogen-bond donors (Lipinski definition) is 0. The molecule has 1 unspecified atom stereocenters. The predicted octanol–water partition coefficient (Wildman–Crippen LogP) is 3.77. The molecule has 1 aromatic rings. The van der Waals surface area contributed by atoms with E-state index in [0.717, 1.165) is 12.8 Å². The number of esters is 1. The lowest BCUT2D eigenvalue weighted by molar-refractivity contribution is -0.157. The number of alkyl halides is 1. The van der Waals surface area contributed by atoms with E-state index in [1.165, 1.54) is 0 Å². The van der Waals surface area contributed by atoms with Crippen molar-refractivity contribution in [2.75, 3.05) is 19.8 Å². The molecule has 118 valence electrons. The summed E-state index contributed by atoms with van der Waals surface area (Å²) in [7, 11) is 0. The minimum absolute atomic E-state index is 0.176. The minimum Gasteiger partial charge on any atom is -0.461 e. The second kappa shape index (κ2) is 9.64. The molecule has 0 aliphatic rings. The van der Waals surface area contributed by atoms with Gasteiger partial charge in [-0.05, 0) is 18.6 Å². The SMILES string of the molecule is CCCCOCCOC(=O)C(Cl)(CC)Oc1ccccc1. The zero-order valence-corrected chi connectivity index (χ0v) is 13.4. The van der Waals surface area contributed by atoms with E-state index in [9.17, 15) is 4.79 Å². The average Bonchev–Trinajstić information content (AvgIpc) is 2.51. The Morgan fingerprint density at radius 1 is 1.14 bits per heavy atom. The molecule has 0 radical (unpaired) electrons. The van der Waals surface area contributed by atoms with E-state index in [2.05, 4.69) is 6.92 Å². The Kier molecular flexibility index (Phi) is 8.16. The van der Waals surface area contributed by atoms with Crippen molar-refractivity contribution in [1.82, 2.24) is 0 Å². The summed E-state index contributed by atoms with van der Waals surface area (Å²) in [5.41, 5.74) is 0. The molecule has 0 aliphatic carbocycles. The molecule has 0 saturated carbocycles. The maximum absolute atomic E-state index is 12.1. The van der Waals surface area contributed by atoms with Crippen molar-refractivity contribution in [3.63, 3.8) is 0 Å². The van der Waals surface area contributed by atoms with Crippen LogP contribution in [0.25, 0.3) is 0 Å². The Morgan fingerprint density at radius 3 is 2.48 bits per heavy atom. The third-order valence-corrected chi connectivity index (χ3v) is 3.38. The van der Waals surface area contributed by atoms with E-state index in [0.29, 0.717) is 25.4 Å². The number of ether oxygens (including phenoxy) is 3. The number of halogens is 1. The summed E-state index contributed by atoms with van der Waals surface area (Å²) in [6.07, 6.45) is 2.38. The van der Waals surface area contributed by atoms with Crippen LogP contribution in [0, 0.1) is 0 Å². The molecule has 0 aliphatic heterocycles. The minimum atomic E-state index is -1.50. The summed E-state index contributed by atoms with van der Waals surface area (Å²) in [6, 6.07) is 8.98. The predicted molar refractivity (Wildman–Crippen MR) is 82.6 cm³/mol. The van der Waals surface area contributed by atoms with Crippen molar-refractivity contribution in [1.29, 1.82) is 0 Å². The van der Waals surface area contributed by atoms with Crippen molar-refractivity contribution >= 4 is 17.6 Å². The summed E-state index contributed by atoms with van der Waals surface area (Å²) >= 11 is 6.23. The largest absolute Gasteiger partial charge is 0.461 e. The van der Waals surface area contributed by atoms with E-state index in [1.54, 1.807) is 19.1 Å². The Labute approximate surface area is 131 Å². The third kappa shape index (κ3) is 6.36. The molecule has 0 amide bonds. The monoisotopic (exact) mass is 314 g/mol. The lowest BCUT2D eigenvalue weighted by atomic mass is 10.2. The van der Waals surface area contributed by atoms with Gasteiger partial charge >= 0.3 is 5.97 Å². The maximum atomic E-state index is 12.1. The van der Waals surface area contributed by atoms with Gasteiger partial charge < -0.3 is 14.2 Å². The van der Waals surface area contributed by atoms with Crippen LogP contribution in [0.4, 0.5) is 0 Å². The second-order valence-corrected chi connectivity index (χ2v) is 5.21. The lowest BCUT2D eigenvalue weighted by Crippen LogP contribution is -2.40. The van der Waals surface area contributed by atoms with Gasteiger partial charge in [-0.15, -0.1) is 0 Å². The summed E-state index contributed by atoms with van der Waals surface area (Å²) in [4.78, 5) is 12.1. The molecule has 0 saturated heterocycles. The second-order valence-electron chi connectivity index (χ2n) is 4.60. The lowest BCUT2D eigenvalue weighted by Gasteiger charge is -2.24. The van der Waals surface area contributed by atoms with Gasteiger partial charge in [0.25, 0.3) is 5.06 Å². The van der Waals surface area contributed by atoms with Crippen LogP contribution in [0.3, 0.4) is 0 Å². The molecule has 1 rings (SSSR count). The zero-order valence-electron chi connectivity index (χ0n) is 12.6. The van der Waals surface area contributed by atoms with E-state index < -0.39 is 11.0 Å². The highest BCUT2D eigenvalue weighted by molar-refractivity contribution is 6.32. The smallest absolute Gasteiger partial charge is 0.366 e. The molecule has 0 aromatic heterocycles. The van der Waals surface area contributed by atoms with Gasteiger partial charge in [0.05, 0.1) is 6.61 Å². The van der Waals surface area contributed by atoms with Crippen molar-refractivity contribution in [3.8, 4) is 5.75 Å². The number of para-hydroxylation sites is 1. The summed E-state index contributed by atoms with van der Waals surface area (Å²) in [6.45, 7) is 5.08. The van der Waals surface area contributed by atoms with Crippen LogP contribution in [0.1, 0.15) is 33.1 Å². The molecule has 0 bridgehead atoms. The van der Waals surface area contributed by atoms with Gasteiger partial charge in [0, 0.05) is 13.0 Å². The van der Waals surface area contributed by atoms with Crippen LogP contribution >= 0.6 is 11.6 Å². The van der Waals surface area contributed by atoms with Crippen molar-refractivity contribution in [2.24, 2.45) is 0 Å². The van der Waals surface area contributed by atoms with Gasteiger partial charge in [0.15, 0.2) is 0 Å². The number of carbonyl (C=O) groups is 1. The Bertz CT molecular complexity index is 410. The van der Waals surface area contributed by atoms with E-state index in [4.69, 9.17) is 25.8 Å². The number of carbonyl (C=O) groups excluding carboxylic acids is 1. The van der Waals surface area contributed by atoms with Gasteiger partial charge in [-0.25, -0.2) is 4.79 Å². The van der Waals surface area contributed by atoms with Gasteiger partial charge in [0.2, 0.25) is 0 Å². The average molecular weight is 315 g/mol. The van der Waals surface area contributed by atoms with Gasteiger partial charge in [0.1, 0.15) is 12.4 Å². The summed E-state index contributed by atoms with van der Waals surface area (Å²) in [5, 5.41) is -1.50. The Balaban J connectivity index is 2.41. The molecule has 0 fully saturated rings. The molecule has 0 heterocycles. The topological polar surface area (TPSA) is 44.8 Å². The highest BCUT2D eigenvalue weighted by atomic mass is 35.5. The van der Waals surface area contributed by atoms with Crippen LogP contribution in [-0.4, -0.2) is 30.9 Å². The Hall–Kier alpha value is -1.26. The van der Waals surface area contributed by atoms with Crippen molar-refractivity contribution in [3.05, 3.63) is 30.3 Å². The van der Waals surface area contributed by atoms with Crippen LogP contribution in [0.15, 0.2) is 30.3 Å². The highest BCUT2D eigenvalue weighted by Crippen LogP contribution is 2.26. The number of unbranched alkanes of at least 4 members (excludes halogenated alkanes) is 1. The van der Waals surface area contributed by atoms with Crippen molar-refractivity contribution < 1.29 is 19.0 Å². The van der Waals surface area contributed by atoms with Gasteiger partial charge in [-0.2, -0.15) is 0 Å². The molecule has 5 heteroatoms. The molecular weight excluding hydrogens is 292 g/mol. The van der Waals surface area contributed by atoms with Crippen molar-refractivity contribution in [2.45, 2.75) is 38.2 Å². The van der Waals surface area contributed by atoms with Crippen LogP contribution < -0.4 is 4.74 Å². The molecule has 4 nitrogen and oxygen atoms in total. The molecule has 1 atom stereocenters. The molecule has 0 N–H and O–H groups in total. The van der Waals surface area contributed by atoms with Crippen LogP contribution in [0.2, 0.25) is 0 Å². The normalized spacial score (nSPS) is 13.5. The zero-order chi connectivity index (χ0) is 15.6. The van der Waals surface area contributed by atoms with E-state index >= 15 is 0 Å². The fraction of sp³-hybridized carbons (Fsp3) is 0.562. The van der Waals surface area contributed by atoms with Crippen LogP contribution in [0.5, 0.6) is 5.75 Å². The first-order valence-electron chi connectivity index (χ1n) is 7.30. The Morgan fingerprint density at radius 2 is 1.86 bits per heavy atom. The summed E-state index contributed by atoms with van der Waals surface area (Å²) < 4.78 is 16.0. The maximum Gasteiger partial charge on any atom is 0.366 e. The first kappa shape index (κ1) is 17.8. The molecule has 1 aromatic carbocycles. The first-order chi connectivity index (χ1) is 10.1. The van der Waals surface area contributed by atoms with E-state index in [-0.39, 0.29) is 6.61 Å². The fourth-order valence-corrected chi connectivity index (χ4v) is 1.73. The number of rotatable bonds is 10. The van der Waals surface area contributed by atoms with Gasteiger partial charge in [-0.3, -0.25) is 0 Å². The highest BCUT2D eigenvalue weighted by Gasteiger charge is 2.38. The third-order valence-electron chi connectivity index (χ3n) is 2.89. The fourth-order valence-electron chi connectivity index (χ4n) is 1.58. The molecular formula is C16H23ClO4. The molecule has 21 heavy (non-hydrogen) atoms. The standard InChI is InChI=1S/C16H23ClO4/c1-3-5-11-19-12-13-20-15(18)16(17,4-2)21-14-9-7-6-8-10-14/h6-10H,3-5,11-13H2,1-2H3. The number of benzene rings is 1.